The van der Waals surface area contributed by atoms with Gasteiger partial charge in [0.05, 0.1) is 12.1 Å². The van der Waals surface area contributed by atoms with Crippen LogP contribution in [0.1, 0.15) is 69.1 Å². The molecule has 0 spiro atoms. The number of hydrogen-bond donors (Lipinski definition) is 2. The molecular formula is C31H36N4O5. The first kappa shape index (κ1) is 27.6. The molecule has 0 saturated carbocycles. The predicted octanol–water partition coefficient (Wildman–Crippen LogP) is 4.41. The summed E-state index contributed by atoms with van der Waals surface area (Å²) in [4.78, 5) is 44.5. The molecule has 3 heterocycles. The fraction of sp³-hybridized carbons (Fsp3) is 0.419. The lowest BCUT2D eigenvalue weighted by Crippen LogP contribution is -2.47. The molecule has 0 bridgehead atoms. The summed E-state index contributed by atoms with van der Waals surface area (Å²) in [6.07, 6.45) is 3.33. The van der Waals surface area contributed by atoms with Gasteiger partial charge in [0, 0.05) is 30.4 Å². The van der Waals surface area contributed by atoms with Crippen molar-refractivity contribution in [2.24, 2.45) is 0 Å². The Morgan fingerprint density at radius 3 is 2.48 bits per heavy atom. The van der Waals surface area contributed by atoms with E-state index in [0.29, 0.717) is 37.2 Å². The standard InChI is InChI=1S/C31H36N4O5/c1-31(2,3)40-30(39)34-23(13-14-24(34)28(37)21-7-5-4-6-8-21)19-20-9-11-22(12-10-20)33-29(38)25-15-16-26-32-18-17-27(36)35(25)26/h4-12,17-18,23-25,28,37H,13-16,19H2,1-3H3,(H,33,38)/t23-,24+,25+,28+/m0/s1. The highest BCUT2D eigenvalue weighted by molar-refractivity contribution is 5.94. The molecule has 210 valence electrons. The molecule has 1 saturated heterocycles. The summed E-state index contributed by atoms with van der Waals surface area (Å²) < 4.78 is 7.22. The van der Waals surface area contributed by atoms with Gasteiger partial charge in [-0.2, -0.15) is 0 Å². The lowest BCUT2D eigenvalue weighted by atomic mass is 10.0. The number of hydrogen-bond acceptors (Lipinski definition) is 6. The summed E-state index contributed by atoms with van der Waals surface area (Å²) in [5, 5.41) is 14.1. The number of amides is 2. The quantitative estimate of drug-likeness (QED) is 0.475. The van der Waals surface area contributed by atoms with Crippen LogP contribution in [0, 0.1) is 0 Å². The number of carbonyl (C=O) groups excluding carboxylic acids is 2. The monoisotopic (exact) mass is 544 g/mol. The third-order valence-electron chi connectivity index (χ3n) is 7.56. The average molecular weight is 545 g/mol. The molecule has 5 rings (SSSR count). The maximum atomic E-state index is 13.3. The van der Waals surface area contributed by atoms with E-state index in [9.17, 15) is 19.5 Å². The minimum absolute atomic E-state index is 0.145. The van der Waals surface area contributed by atoms with Gasteiger partial charge in [0.25, 0.3) is 5.56 Å². The Morgan fingerprint density at radius 2 is 1.77 bits per heavy atom. The van der Waals surface area contributed by atoms with E-state index in [1.165, 1.54) is 16.8 Å². The van der Waals surface area contributed by atoms with Crippen LogP contribution in [0.4, 0.5) is 10.5 Å². The number of aryl methyl sites for hydroxylation is 1. The van der Waals surface area contributed by atoms with Gasteiger partial charge >= 0.3 is 6.09 Å². The molecule has 2 aliphatic rings. The van der Waals surface area contributed by atoms with Crippen molar-refractivity contribution in [2.45, 2.75) is 82.7 Å². The second kappa shape index (κ2) is 11.3. The normalized spacial score (nSPS) is 21.1. The first-order valence-electron chi connectivity index (χ1n) is 13.8. The second-order valence-corrected chi connectivity index (χ2v) is 11.6. The molecule has 40 heavy (non-hydrogen) atoms. The van der Waals surface area contributed by atoms with Gasteiger partial charge in [-0.3, -0.25) is 19.1 Å². The summed E-state index contributed by atoms with van der Waals surface area (Å²) in [5.41, 5.74) is 1.52. The van der Waals surface area contributed by atoms with Crippen LogP contribution in [0.3, 0.4) is 0 Å². The van der Waals surface area contributed by atoms with Crippen molar-refractivity contribution in [3.05, 3.63) is 94.2 Å². The highest BCUT2D eigenvalue weighted by Crippen LogP contribution is 2.36. The topological polar surface area (TPSA) is 114 Å². The number of ether oxygens (including phenoxy) is 1. The van der Waals surface area contributed by atoms with E-state index in [4.69, 9.17) is 4.74 Å². The fourth-order valence-corrected chi connectivity index (χ4v) is 5.73. The van der Waals surface area contributed by atoms with Crippen molar-refractivity contribution in [1.29, 1.82) is 0 Å². The SMILES string of the molecule is CC(C)(C)OC(=O)N1[C@H](Cc2ccc(NC(=O)[C@H]3CCc4nccc(=O)n43)cc2)CC[C@@H]1[C@H](O)c1ccccc1. The fourth-order valence-electron chi connectivity index (χ4n) is 5.73. The number of fused-ring (bicyclic) bond motifs is 1. The van der Waals surface area contributed by atoms with Crippen LogP contribution in [0.5, 0.6) is 0 Å². The van der Waals surface area contributed by atoms with Crippen LogP contribution >= 0.6 is 0 Å². The minimum Gasteiger partial charge on any atom is -0.444 e. The molecule has 1 fully saturated rings. The van der Waals surface area contributed by atoms with E-state index < -0.39 is 29.9 Å². The average Bonchev–Trinajstić information content (AvgIpc) is 3.54. The summed E-state index contributed by atoms with van der Waals surface area (Å²) in [5.74, 6) is 0.385. The number of nitrogens with one attached hydrogen (secondary N) is 1. The number of anilines is 1. The number of aliphatic hydroxyl groups is 1. The molecule has 9 heteroatoms. The van der Waals surface area contributed by atoms with E-state index in [2.05, 4.69) is 10.3 Å². The molecule has 0 radical (unpaired) electrons. The molecule has 1 aromatic heterocycles. The smallest absolute Gasteiger partial charge is 0.410 e. The zero-order chi connectivity index (χ0) is 28.4. The summed E-state index contributed by atoms with van der Waals surface area (Å²) in [7, 11) is 0. The molecule has 3 aromatic rings. The Hall–Kier alpha value is -3.98. The van der Waals surface area contributed by atoms with E-state index >= 15 is 0 Å². The van der Waals surface area contributed by atoms with Gasteiger partial charge in [0.2, 0.25) is 5.91 Å². The van der Waals surface area contributed by atoms with Gasteiger partial charge in [-0.1, -0.05) is 42.5 Å². The van der Waals surface area contributed by atoms with Gasteiger partial charge in [-0.15, -0.1) is 0 Å². The zero-order valence-corrected chi connectivity index (χ0v) is 23.1. The Bertz CT molecular complexity index is 1410. The second-order valence-electron chi connectivity index (χ2n) is 11.6. The number of rotatable bonds is 6. The van der Waals surface area contributed by atoms with Crippen molar-refractivity contribution >= 4 is 17.7 Å². The predicted molar refractivity (Wildman–Crippen MR) is 151 cm³/mol. The number of aliphatic hydroxyl groups excluding tert-OH is 1. The Labute approximate surface area is 233 Å². The van der Waals surface area contributed by atoms with Crippen LogP contribution in [0.2, 0.25) is 0 Å². The molecule has 0 unspecified atom stereocenters. The Kier molecular flexibility index (Phi) is 7.76. The first-order chi connectivity index (χ1) is 19.1. The number of benzene rings is 2. The molecule has 2 N–H and O–H groups in total. The van der Waals surface area contributed by atoms with E-state index in [1.807, 2.05) is 75.4 Å². The van der Waals surface area contributed by atoms with Gasteiger partial charge < -0.3 is 15.2 Å². The minimum atomic E-state index is -0.820. The Balaban J connectivity index is 1.28. The van der Waals surface area contributed by atoms with Gasteiger partial charge in [-0.05, 0) is 69.7 Å². The first-order valence-corrected chi connectivity index (χ1v) is 13.8. The summed E-state index contributed by atoms with van der Waals surface area (Å²) in [6, 6.07) is 17.2. The van der Waals surface area contributed by atoms with Crippen molar-refractivity contribution in [3.63, 3.8) is 0 Å². The van der Waals surface area contributed by atoms with Crippen LogP contribution in [-0.2, 0) is 22.4 Å². The molecule has 0 aliphatic carbocycles. The summed E-state index contributed by atoms with van der Waals surface area (Å²) >= 11 is 0. The molecule has 2 amide bonds. The van der Waals surface area contributed by atoms with E-state index in [-0.39, 0.29) is 17.5 Å². The molecule has 9 nitrogen and oxygen atoms in total. The van der Waals surface area contributed by atoms with Crippen molar-refractivity contribution in [3.8, 4) is 0 Å². The van der Waals surface area contributed by atoms with Crippen LogP contribution in [0.25, 0.3) is 0 Å². The maximum Gasteiger partial charge on any atom is 0.410 e. The largest absolute Gasteiger partial charge is 0.444 e. The summed E-state index contributed by atoms with van der Waals surface area (Å²) in [6.45, 7) is 5.51. The van der Waals surface area contributed by atoms with Crippen molar-refractivity contribution < 1.29 is 19.4 Å². The third-order valence-corrected chi connectivity index (χ3v) is 7.56. The molecule has 2 aromatic carbocycles. The number of nitrogens with zero attached hydrogens (tertiary/aromatic N) is 3. The van der Waals surface area contributed by atoms with Crippen molar-refractivity contribution in [2.75, 3.05) is 5.32 Å². The van der Waals surface area contributed by atoms with Gasteiger partial charge in [0.15, 0.2) is 0 Å². The number of aromatic nitrogens is 2. The maximum absolute atomic E-state index is 13.3. The van der Waals surface area contributed by atoms with Gasteiger partial charge in [-0.25, -0.2) is 9.78 Å². The van der Waals surface area contributed by atoms with Gasteiger partial charge in [0.1, 0.15) is 17.5 Å². The van der Waals surface area contributed by atoms with Crippen LogP contribution < -0.4 is 10.9 Å². The van der Waals surface area contributed by atoms with E-state index in [0.717, 1.165) is 17.5 Å². The van der Waals surface area contributed by atoms with Crippen molar-refractivity contribution in [1.82, 2.24) is 14.5 Å². The zero-order valence-electron chi connectivity index (χ0n) is 23.1. The lowest BCUT2D eigenvalue weighted by molar-refractivity contribution is -0.119. The Morgan fingerprint density at radius 1 is 1.05 bits per heavy atom. The van der Waals surface area contributed by atoms with Crippen LogP contribution in [-0.4, -0.2) is 49.2 Å². The lowest BCUT2D eigenvalue weighted by Gasteiger charge is -2.35. The molecule has 4 atom stereocenters. The van der Waals surface area contributed by atoms with E-state index in [1.54, 1.807) is 4.90 Å². The third kappa shape index (κ3) is 5.94. The highest BCUT2D eigenvalue weighted by atomic mass is 16.6. The number of likely N-dealkylation sites (tertiary alicyclic amines) is 1. The number of carbonyl (C=O) groups is 2. The molecule has 2 aliphatic heterocycles. The van der Waals surface area contributed by atoms with Crippen LogP contribution in [0.15, 0.2) is 71.7 Å². The highest BCUT2D eigenvalue weighted by Gasteiger charge is 2.43. The molecular weight excluding hydrogens is 508 g/mol.